The second kappa shape index (κ2) is 24.5. The molecule has 4 aliphatic rings. The number of rotatable bonds is 12. The van der Waals surface area contributed by atoms with Gasteiger partial charge in [-0.1, -0.05) is 68.9 Å². The van der Waals surface area contributed by atoms with Gasteiger partial charge < -0.3 is 64.2 Å². The normalized spacial score (nSPS) is 38.3. The van der Waals surface area contributed by atoms with E-state index in [0.29, 0.717) is 37.4 Å². The number of aliphatic hydroxyl groups excluding tert-OH is 3. The number of nitrogens with zero attached hydrogens (tertiary/aromatic N) is 2. The molecule has 16 nitrogen and oxygen atoms in total. The average molecular weight is 1080 g/mol. The third kappa shape index (κ3) is 13.0. The molecule has 4 aliphatic heterocycles. The predicted octanol–water partition coefficient (Wildman–Crippen LogP) is 6.95. The molecule has 2 aromatic carbocycles. The van der Waals surface area contributed by atoms with E-state index in [9.17, 15) is 35.1 Å². The summed E-state index contributed by atoms with van der Waals surface area (Å²) in [6, 6.07) is 17.5. The average Bonchev–Trinajstić information content (AvgIpc) is 3.76. The molecule has 3 fully saturated rings. The van der Waals surface area contributed by atoms with Crippen molar-refractivity contribution in [2.24, 2.45) is 17.8 Å². The number of hydrogen-bond donors (Lipinski definition) is 6. The monoisotopic (exact) mass is 1080 g/mol. The van der Waals surface area contributed by atoms with Crippen LogP contribution in [0.15, 0.2) is 64.4 Å². The third-order valence-corrected chi connectivity index (χ3v) is 18.7. The van der Waals surface area contributed by atoms with E-state index in [2.05, 4.69) is 29.6 Å². The van der Waals surface area contributed by atoms with Crippen molar-refractivity contribution in [2.75, 3.05) is 40.8 Å². The van der Waals surface area contributed by atoms with Crippen molar-refractivity contribution >= 4 is 35.0 Å². The molecule has 18 heteroatoms. The van der Waals surface area contributed by atoms with Gasteiger partial charge in [0.1, 0.15) is 30.0 Å². The molecule has 3 aromatic rings. The van der Waals surface area contributed by atoms with Gasteiger partial charge in [-0.15, -0.1) is 11.3 Å². The number of esters is 1. The predicted molar refractivity (Wildman–Crippen MR) is 289 cm³/mol. The topological polar surface area (TPSA) is 209 Å². The highest BCUT2D eigenvalue weighted by Crippen LogP contribution is 2.51. The molecule has 0 radical (unpaired) electrons. The molecular weight excluding hydrogens is 999 g/mol. The molecule has 1 aromatic heterocycles. The van der Waals surface area contributed by atoms with Crippen LogP contribution >= 0.6 is 23.1 Å². The number of fused-ring (bicyclic) bond motifs is 5. The lowest BCUT2D eigenvalue weighted by Gasteiger charge is -2.48. The summed E-state index contributed by atoms with van der Waals surface area (Å²) in [6.45, 7) is 18.7. The van der Waals surface area contributed by atoms with Gasteiger partial charge in [-0.3, -0.25) is 14.5 Å². The van der Waals surface area contributed by atoms with E-state index in [0.717, 1.165) is 31.4 Å². The molecule has 6 N–H and O–H groups in total. The lowest BCUT2D eigenvalue weighted by atomic mass is 9.77. The van der Waals surface area contributed by atoms with E-state index < -0.39 is 96.0 Å². The number of ether oxygens (including phenoxy) is 6. The Morgan fingerprint density at radius 2 is 1.55 bits per heavy atom. The molecule has 418 valence electrons. The van der Waals surface area contributed by atoms with Gasteiger partial charge >= 0.3 is 5.97 Å². The number of methoxy groups -OCH3 is 1. The zero-order chi connectivity index (χ0) is 54.9. The summed E-state index contributed by atoms with van der Waals surface area (Å²) < 4.78 is 38.3. The number of thiophene rings is 1. The Kier molecular flexibility index (Phi) is 19.5. The van der Waals surface area contributed by atoms with Crippen molar-refractivity contribution in [1.82, 2.24) is 15.1 Å². The number of carbonyl (C=O) groups is 2. The molecule has 0 aliphatic carbocycles. The maximum atomic E-state index is 14.7. The SMILES string of the molecule is CC[C@H]1OC(=O)[C@H](C)[C@@H](O[C@H]2C[C@@](C)(OC)[C@@H](O)[C@H](C)O2)[C@H](C)[C@@H](O[C@@H]2O[C@H](C)C[C@H](N(C)C)[C@H]2O)[C@](C)(O)C[C@@H](C)CN(CCCNC(=O)c2cc3c(s2)-c2ccccc2Sc2ccccc2-3)[C@H](C)[C@@H](O)[C@]1(C)O. The van der Waals surface area contributed by atoms with Crippen LogP contribution in [0, 0.1) is 17.8 Å². The minimum atomic E-state index is -1.93. The molecule has 5 heterocycles. The molecule has 0 spiro atoms. The number of hydrogen-bond acceptors (Lipinski definition) is 17. The van der Waals surface area contributed by atoms with Gasteiger partial charge in [-0.2, -0.15) is 0 Å². The number of cyclic esters (lactones) is 1. The van der Waals surface area contributed by atoms with Crippen molar-refractivity contribution in [3.63, 3.8) is 0 Å². The van der Waals surface area contributed by atoms with Gasteiger partial charge in [0.2, 0.25) is 0 Å². The van der Waals surface area contributed by atoms with E-state index in [1.165, 1.54) is 25.4 Å². The fourth-order valence-electron chi connectivity index (χ4n) is 12.0. The Hall–Kier alpha value is -3.05. The smallest absolute Gasteiger partial charge is 0.311 e. The minimum Gasteiger partial charge on any atom is -0.459 e. The van der Waals surface area contributed by atoms with Gasteiger partial charge in [0.15, 0.2) is 12.6 Å². The van der Waals surface area contributed by atoms with Crippen LogP contribution in [0.25, 0.3) is 21.6 Å². The van der Waals surface area contributed by atoms with Gasteiger partial charge in [0.25, 0.3) is 5.91 Å². The summed E-state index contributed by atoms with van der Waals surface area (Å²) in [5.41, 5.74) is -1.47. The Bertz CT molecular complexity index is 2340. The fourth-order valence-corrected chi connectivity index (χ4v) is 14.3. The van der Waals surface area contributed by atoms with Crippen molar-refractivity contribution < 1.29 is 63.5 Å². The molecule has 1 amide bonds. The molecule has 7 rings (SSSR count). The quantitative estimate of drug-likeness (QED) is 0.0627. The Labute approximate surface area is 452 Å². The number of benzene rings is 2. The Balaban J connectivity index is 1.18. The van der Waals surface area contributed by atoms with E-state index in [-0.39, 0.29) is 43.2 Å². The van der Waals surface area contributed by atoms with Gasteiger partial charge in [-0.25, -0.2) is 0 Å². The number of nitrogens with one attached hydrogen (secondary N) is 1. The number of amides is 1. The van der Waals surface area contributed by atoms with Crippen molar-refractivity contribution in [2.45, 2.75) is 201 Å². The molecule has 18 atom stereocenters. The first-order chi connectivity index (χ1) is 35.3. The van der Waals surface area contributed by atoms with Crippen LogP contribution in [0.1, 0.15) is 111 Å². The molecule has 0 bridgehead atoms. The van der Waals surface area contributed by atoms with Gasteiger partial charge in [0, 0.05) is 77.0 Å². The number of carbonyl (C=O) groups excluding carboxylic acids is 2. The van der Waals surface area contributed by atoms with Crippen molar-refractivity contribution in [1.29, 1.82) is 0 Å². The van der Waals surface area contributed by atoms with E-state index >= 15 is 0 Å². The first kappa shape index (κ1) is 59.6. The van der Waals surface area contributed by atoms with Crippen LogP contribution in [-0.2, 0) is 33.2 Å². The van der Waals surface area contributed by atoms with Crippen LogP contribution in [0.4, 0.5) is 0 Å². The van der Waals surface area contributed by atoms with Gasteiger partial charge in [0.05, 0.1) is 46.4 Å². The van der Waals surface area contributed by atoms with Crippen LogP contribution < -0.4 is 5.32 Å². The third-order valence-electron chi connectivity index (χ3n) is 16.4. The summed E-state index contributed by atoms with van der Waals surface area (Å²) >= 11 is 3.20. The fraction of sp³-hybridized carbons (Fsp3) is 0.684. The summed E-state index contributed by atoms with van der Waals surface area (Å²) in [7, 11) is 5.27. The van der Waals surface area contributed by atoms with Crippen molar-refractivity contribution in [3.05, 3.63) is 59.5 Å². The first-order valence-corrected chi connectivity index (χ1v) is 28.5. The Morgan fingerprint density at radius 3 is 2.20 bits per heavy atom. The Morgan fingerprint density at radius 1 is 0.893 bits per heavy atom. The standard InChI is InChI=1S/C57H85N3O13S2/c1-14-44-57(10,67)49(62)35(6)60(25-19-24-58-52(64)43-27-39-37-20-15-17-22-41(37)74-42-23-18-16-21-38(42)48(39)75-43)30-31(2)28-55(8,66)51(73-54-46(61)40(59(11)12)26-32(3)69-54)33(4)47(34(5)53(65)71-44)72-45-29-56(9,68-13)50(63)36(7)70-45/h15-18,20-23,27,31-36,40,44-47,49-51,54,61-63,66-67H,14,19,24-26,28-30H2,1-13H3,(H,58,64)/t31-,32-,33+,34-,35-,36+,40+,44-,45+,46-,47+,49-,50+,51-,54+,55-,56-,57-/m1/s1. The second-order valence-corrected chi connectivity index (χ2v) is 24.9. The van der Waals surface area contributed by atoms with Crippen LogP contribution in [-0.4, -0.2) is 178 Å². The van der Waals surface area contributed by atoms with E-state index in [1.807, 2.05) is 81.9 Å². The van der Waals surface area contributed by atoms with E-state index in [1.54, 1.807) is 46.4 Å². The highest BCUT2D eigenvalue weighted by Gasteiger charge is 2.53. The van der Waals surface area contributed by atoms with Crippen LogP contribution in [0.3, 0.4) is 0 Å². The maximum Gasteiger partial charge on any atom is 0.311 e. The molecule has 0 unspecified atom stereocenters. The number of likely N-dealkylation sites (N-methyl/N-ethyl adjacent to an activating group) is 1. The van der Waals surface area contributed by atoms with Crippen molar-refractivity contribution in [3.8, 4) is 21.6 Å². The summed E-state index contributed by atoms with van der Waals surface area (Å²) in [5, 5.41) is 63.7. The summed E-state index contributed by atoms with van der Waals surface area (Å²) in [6.07, 6.45) is -8.63. The summed E-state index contributed by atoms with van der Waals surface area (Å²) in [4.78, 5) is 36.5. The molecular formula is C57H85N3O13S2. The van der Waals surface area contributed by atoms with Gasteiger partial charge in [-0.05, 0) is 118 Å². The summed E-state index contributed by atoms with van der Waals surface area (Å²) in [5.74, 6) is -3.09. The minimum absolute atomic E-state index is 0.0978. The maximum absolute atomic E-state index is 14.7. The van der Waals surface area contributed by atoms with E-state index in [4.69, 9.17) is 28.4 Å². The molecule has 3 saturated heterocycles. The largest absolute Gasteiger partial charge is 0.459 e. The lowest BCUT2D eigenvalue weighted by molar-refractivity contribution is -0.318. The molecule has 0 saturated carbocycles. The molecule has 75 heavy (non-hydrogen) atoms. The lowest BCUT2D eigenvalue weighted by Crippen LogP contribution is -2.60. The zero-order valence-corrected chi connectivity index (χ0v) is 47.9. The second-order valence-electron chi connectivity index (χ2n) is 22.8. The highest BCUT2D eigenvalue weighted by molar-refractivity contribution is 7.99. The van der Waals surface area contributed by atoms with Crippen LogP contribution in [0.5, 0.6) is 0 Å². The highest BCUT2D eigenvalue weighted by atomic mass is 32.2. The first-order valence-electron chi connectivity index (χ1n) is 26.9. The van der Waals surface area contributed by atoms with Crippen LogP contribution in [0.2, 0.25) is 0 Å². The zero-order valence-electron chi connectivity index (χ0n) is 46.2. The number of aliphatic hydroxyl groups is 5.